The number of rotatable bonds is 5. The third kappa shape index (κ3) is 11.6. The number of nitrogens with zero attached hydrogens (tertiary/aromatic N) is 1. The third-order valence-electron chi connectivity index (χ3n) is 1.31. The van der Waals surface area contributed by atoms with Gasteiger partial charge in [0, 0.05) is 14.6 Å². The van der Waals surface area contributed by atoms with Crippen LogP contribution in [0.4, 0.5) is 0 Å². The van der Waals surface area contributed by atoms with Crippen LogP contribution in [0.1, 0.15) is 0 Å². The number of hydrogen-bond acceptors (Lipinski definition) is 4. The monoisotopic (exact) mass is 211 g/mol. The number of hydrogen-bond donors (Lipinski definition) is 0. The molecule has 0 saturated heterocycles. The second-order valence-electron chi connectivity index (χ2n) is 3.89. The molecule has 0 atom stereocenters. The number of carbonyl (C=O) groups is 1. The molecule has 0 aromatic rings. The Labute approximate surface area is 96.5 Å². The van der Waals surface area contributed by atoms with Crippen LogP contribution in [0.25, 0.3) is 0 Å². The molecule has 0 aliphatic heterocycles. The molecule has 0 fully saturated rings. The summed E-state index contributed by atoms with van der Waals surface area (Å²) in [5.41, 5.74) is 0. The fourth-order valence-corrected chi connectivity index (χ4v) is 1.30. The van der Waals surface area contributed by atoms with Crippen molar-refractivity contribution in [2.45, 2.75) is 25.7 Å². The molecule has 0 radical (unpaired) electrons. The average Bonchev–Trinajstić information content (AvgIpc) is 1.81. The van der Waals surface area contributed by atoms with Gasteiger partial charge in [-0.3, -0.25) is 14.9 Å². The summed E-state index contributed by atoms with van der Waals surface area (Å²) in [6.07, 6.45) is 0. The topological polar surface area (TPSA) is 69.4 Å². The molecule has 0 spiro atoms. The molecule has 7 heteroatoms. The van der Waals surface area contributed by atoms with Crippen molar-refractivity contribution in [3.05, 3.63) is 16.7 Å². The predicted octanol–water partition coefficient (Wildman–Crippen LogP) is -1.69. The molecule has 0 amide bonds. The zero-order valence-corrected chi connectivity index (χ0v) is 10.1. The number of ether oxygens (including phenoxy) is 1. The molecule has 0 rings (SSSR count). The van der Waals surface area contributed by atoms with Crippen LogP contribution in [0.5, 0.6) is 0 Å². The second-order valence-corrected chi connectivity index (χ2v) is 9.51. The molecule has 0 aliphatic rings. The molecule has 0 saturated carbocycles. The molecule has 14 heavy (non-hydrogen) atoms. The van der Waals surface area contributed by atoms with Crippen molar-refractivity contribution < 1.29 is 33.3 Å². The van der Waals surface area contributed by atoms with E-state index in [4.69, 9.17) is 0 Å². The summed E-state index contributed by atoms with van der Waals surface area (Å²) in [7, 11) is -1.22. The first-order valence-corrected chi connectivity index (χ1v) is 7.67. The Hall–Kier alpha value is -0.446. The molecule has 5 nitrogen and oxygen atoms in total. The Morgan fingerprint density at radius 3 is 2.36 bits per heavy atom. The molecule has 76 valence electrons. The quantitative estimate of drug-likeness (QED) is 0.179. The van der Waals surface area contributed by atoms with E-state index in [1.165, 1.54) is 0 Å². The molecule has 0 unspecified atom stereocenters. The van der Waals surface area contributed by atoms with Gasteiger partial charge in [-0.05, 0) is 6.04 Å². The summed E-state index contributed by atoms with van der Waals surface area (Å²) in [6.45, 7) is 7.03. The zero-order valence-electron chi connectivity index (χ0n) is 9.07. The first-order chi connectivity index (χ1) is 5.81. The number of nitro groups is 1. The standard InChI is InChI=1S/C7H14NO4Si.Li/c1-13(2,3)5-4-12-7(9)6-8(10)11;/h6H,4-5H2,1-3H3;/q-1;+1. The number of carbonyl (C=O) groups excluding carboxylic acids is 1. The Balaban J connectivity index is 0. The minimum atomic E-state index is -1.22. The smallest absolute Gasteiger partial charge is 0.484 e. The van der Waals surface area contributed by atoms with Gasteiger partial charge in [0.2, 0.25) is 5.97 Å². The maximum absolute atomic E-state index is 10.6. The molecular formula is C7H14LiNO4Si. The van der Waals surface area contributed by atoms with Crippen molar-refractivity contribution in [1.29, 1.82) is 0 Å². The summed E-state index contributed by atoms with van der Waals surface area (Å²) in [5, 5.41) is 9.83. The molecule has 0 aliphatic carbocycles. The third-order valence-corrected chi connectivity index (χ3v) is 3.01. The Kier molecular flexibility index (Phi) is 7.92. The molecule has 0 N–H and O–H groups in total. The van der Waals surface area contributed by atoms with Gasteiger partial charge < -0.3 is 4.74 Å². The van der Waals surface area contributed by atoms with Crippen molar-refractivity contribution in [3.63, 3.8) is 0 Å². The van der Waals surface area contributed by atoms with Crippen LogP contribution < -0.4 is 18.9 Å². The van der Waals surface area contributed by atoms with E-state index in [2.05, 4.69) is 24.4 Å². The summed E-state index contributed by atoms with van der Waals surface area (Å²) in [6, 6.07) is 0.824. The Morgan fingerprint density at radius 1 is 1.50 bits per heavy atom. The van der Waals surface area contributed by atoms with Gasteiger partial charge in [-0.2, -0.15) is 0 Å². The normalized spacial score (nSPS) is 9.93. The van der Waals surface area contributed by atoms with Crippen LogP contribution in [0, 0.1) is 16.7 Å². The van der Waals surface area contributed by atoms with E-state index in [0.29, 0.717) is 6.54 Å². The van der Waals surface area contributed by atoms with Gasteiger partial charge in [0.15, 0.2) is 0 Å². The van der Waals surface area contributed by atoms with Gasteiger partial charge in [-0.25, -0.2) is 0 Å². The summed E-state index contributed by atoms with van der Waals surface area (Å²) in [4.78, 5) is 19.7. The number of esters is 1. The minimum absolute atomic E-state index is 0. The SMILES string of the molecule is C[Si](C)(C)CCOC(=O)[CH-][N+](=O)[O-].[Li+]. The van der Waals surface area contributed by atoms with E-state index in [-0.39, 0.29) is 25.5 Å². The van der Waals surface area contributed by atoms with Gasteiger partial charge in [-0.1, -0.05) is 19.6 Å². The van der Waals surface area contributed by atoms with E-state index in [0.717, 1.165) is 6.04 Å². The summed E-state index contributed by atoms with van der Waals surface area (Å²) < 4.78 is 4.63. The molecule has 0 heterocycles. The maximum atomic E-state index is 10.6. The predicted molar refractivity (Wildman–Crippen MR) is 50.4 cm³/mol. The van der Waals surface area contributed by atoms with Crippen molar-refractivity contribution in [2.75, 3.05) is 6.61 Å². The van der Waals surface area contributed by atoms with Crippen LogP contribution >= 0.6 is 0 Å². The first-order valence-electron chi connectivity index (χ1n) is 3.96. The van der Waals surface area contributed by atoms with Crippen LogP contribution in [-0.2, 0) is 9.53 Å². The van der Waals surface area contributed by atoms with Crippen molar-refractivity contribution in [2.24, 2.45) is 0 Å². The molecule has 0 aromatic heterocycles. The fraction of sp³-hybridized carbons (Fsp3) is 0.714. The minimum Gasteiger partial charge on any atom is -0.484 e. The van der Waals surface area contributed by atoms with E-state index >= 15 is 0 Å². The van der Waals surface area contributed by atoms with Gasteiger partial charge in [0.25, 0.3) is 0 Å². The van der Waals surface area contributed by atoms with Crippen molar-refractivity contribution in [3.8, 4) is 0 Å². The van der Waals surface area contributed by atoms with E-state index < -0.39 is 19.0 Å². The van der Waals surface area contributed by atoms with Crippen LogP contribution in [0.15, 0.2) is 0 Å². The molecule has 0 aromatic carbocycles. The van der Waals surface area contributed by atoms with E-state index in [1.54, 1.807) is 0 Å². The van der Waals surface area contributed by atoms with Gasteiger partial charge in [0.1, 0.15) is 0 Å². The Morgan fingerprint density at radius 2 is 2.00 bits per heavy atom. The maximum Gasteiger partial charge on any atom is 1.00 e. The van der Waals surface area contributed by atoms with Crippen LogP contribution in [-0.4, -0.2) is 25.6 Å². The molecule has 0 bridgehead atoms. The van der Waals surface area contributed by atoms with Gasteiger partial charge in [-0.15, -0.1) is 4.92 Å². The molecular weight excluding hydrogens is 197 g/mol. The zero-order chi connectivity index (χ0) is 10.5. The van der Waals surface area contributed by atoms with Gasteiger partial charge >= 0.3 is 18.9 Å². The van der Waals surface area contributed by atoms with E-state index in [9.17, 15) is 14.9 Å². The summed E-state index contributed by atoms with van der Waals surface area (Å²) in [5.74, 6) is -0.872. The first kappa shape index (κ1) is 16.0. The summed E-state index contributed by atoms with van der Waals surface area (Å²) >= 11 is 0. The fourth-order valence-electron chi connectivity index (χ4n) is 0.581. The Bertz CT molecular complexity index is 204. The van der Waals surface area contributed by atoms with Gasteiger partial charge in [0.05, 0.1) is 6.61 Å². The van der Waals surface area contributed by atoms with Crippen molar-refractivity contribution in [1.82, 2.24) is 0 Å². The second kappa shape index (κ2) is 6.93. The average molecular weight is 211 g/mol. The largest absolute Gasteiger partial charge is 1.00 e. The van der Waals surface area contributed by atoms with Crippen LogP contribution in [0.3, 0.4) is 0 Å². The van der Waals surface area contributed by atoms with Crippen molar-refractivity contribution >= 4 is 14.0 Å². The van der Waals surface area contributed by atoms with Crippen LogP contribution in [0.2, 0.25) is 25.7 Å². The van der Waals surface area contributed by atoms with E-state index in [1.807, 2.05) is 0 Å².